The number of hydrogen-bond acceptors (Lipinski definition) is 4. The second-order valence-corrected chi connectivity index (χ2v) is 5.79. The average molecular weight is 339 g/mol. The number of aliphatic hydroxyl groups excluding tert-OH is 1. The van der Waals surface area contributed by atoms with Gasteiger partial charge in [-0.15, -0.1) is 0 Å². The fourth-order valence-corrected chi connectivity index (χ4v) is 2.71. The van der Waals surface area contributed by atoms with Crippen molar-refractivity contribution in [2.24, 2.45) is 0 Å². The molecule has 1 heterocycles. The van der Waals surface area contributed by atoms with Crippen LogP contribution in [0.25, 0.3) is 11.0 Å². The first-order valence-corrected chi connectivity index (χ1v) is 8.19. The zero-order valence-electron chi connectivity index (χ0n) is 14.2. The van der Waals surface area contributed by atoms with E-state index in [1.54, 1.807) is 31.4 Å². The molecule has 0 aliphatic heterocycles. The molecule has 3 aromatic rings. The molecule has 0 aliphatic rings. The molecule has 3 rings (SSSR count). The lowest BCUT2D eigenvalue weighted by atomic mass is 10.1. The van der Waals surface area contributed by atoms with Gasteiger partial charge in [0.05, 0.1) is 24.2 Å². The van der Waals surface area contributed by atoms with E-state index in [4.69, 9.17) is 4.74 Å². The van der Waals surface area contributed by atoms with E-state index in [9.17, 15) is 9.90 Å². The van der Waals surface area contributed by atoms with Gasteiger partial charge >= 0.3 is 0 Å². The molecule has 1 aromatic heterocycles. The lowest BCUT2D eigenvalue weighted by molar-refractivity contribution is -0.130. The van der Waals surface area contributed by atoms with Crippen molar-refractivity contribution in [3.8, 4) is 5.75 Å². The van der Waals surface area contributed by atoms with Gasteiger partial charge in [-0.2, -0.15) is 0 Å². The van der Waals surface area contributed by atoms with Crippen molar-refractivity contribution >= 4 is 16.9 Å². The lowest BCUT2D eigenvalue weighted by Crippen LogP contribution is -2.33. The van der Waals surface area contributed by atoms with Gasteiger partial charge in [-0.1, -0.05) is 31.2 Å². The summed E-state index contributed by atoms with van der Waals surface area (Å²) in [6.07, 6.45) is -0.621. The van der Waals surface area contributed by atoms with Crippen LogP contribution in [0, 0.1) is 0 Å². The Balaban J connectivity index is 1.77. The van der Waals surface area contributed by atoms with Gasteiger partial charge in [0, 0.05) is 0 Å². The van der Waals surface area contributed by atoms with Crippen LogP contribution >= 0.6 is 0 Å². The molecule has 1 amide bonds. The molecule has 0 bridgehead atoms. The van der Waals surface area contributed by atoms with Gasteiger partial charge in [-0.3, -0.25) is 4.79 Å². The van der Waals surface area contributed by atoms with E-state index in [-0.39, 0.29) is 6.04 Å². The molecule has 25 heavy (non-hydrogen) atoms. The number of aromatic nitrogens is 2. The molecule has 0 saturated carbocycles. The summed E-state index contributed by atoms with van der Waals surface area (Å²) in [6.45, 7) is 1.95. The normalized spacial score (nSPS) is 13.4. The number of aromatic amines is 1. The molecule has 6 nitrogen and oxygen atoms in total. The number of nitrogens with one attached hydrogen (secondary N) is 2. The van der Waals surface area contributed by atoms with Crippen LogP contribution in [0.1, 0.15) is 36.9 Å². The first-order valence-electron chi connectivity index (χ1n) is 8.19. The number of para-hydroxylation sites is 2. The van der Waals surface area contributed by atoms with Crippen LogP contribution in [-0.2, 0) is 4.79 Å². The third-order valence-corrected chi connectivity index (χ3v) is 4.12. The second-order valence-electron chi connectivity index (χ2n) is 5.79. The number of benzene rings is 2. The summed E-state index contributed by atoms with van der Waals surface area (Å²) in [5.74, 6) is 0.795. The van der Waals surface area contributed by atoms with Gasteiger partial charge in [-0.25, -0.2) is 4.98 Å². The molecule has 0 saturated heterocycles. The van der Waals surface area contributed by atoms with E-state index in [1.165, 1.54) is 0 Å². The maximum atomic E-state index is 12.5. The molecule has 2 aromatic carbocycles. The van der Waals surface area contributed by atoms with Gasteiger partial charge in [-0.05, 0) is 36.2 Å². The standard InChI is InChI=1S/C19H21N3O3/c1-3-14(18-20-15-9-4-5-10-16(15)21-18)22-19(24)17(23)12-7-6-8-13(11-12)25-2/h4-11,14,17,23H,3H2,1-2H3,(H,20,21)(H,22,24)/t14-,17+/m0/s1. The van der Waals surface area contributed by atoms with Crippen LogP contribution in [0.2, 0.25) is 0 Å². The fraction of sp³-hybridized carbons (Fsp3) is 0.263. The van der Waals surface area contributed by atoms with Gasteiger partial charge in [0.1, 0.15) is 11.6 Å². The largest absolute Gasteiger partial charge is 0.497 e. The Labute approximate surface area is 145 Å². The van der Waals surface area contributed by atoms with E-state index in [1.807, 2.05) is 31.2 Å². The van der Waals surface area contributed by atoms with Crippen molar-refractivity contribution in [1.82, 2.24) is 15.3 Å². The highest BCUT2D eigenvalue weighted by atomic mass is 16.5. The van der Waals surface area contributed by atoms with E-state index in [2.05, 4.69) is 15.3 Å². The van der Waals surface area contributed by atoms with E-state index >= 15 is 0 Å². The number of nitrogens with zero attached hydrogens (tertiary/aromatic N) is 1. The molecular weight excluding hydrogens is 318 g/mol. The van der Waals surface area contributed by atoms with Crippen molar-refractivity contribution in [3.05, 3.63) is 59.9 Å². The van der Waals surface area contributed by atoms with Crippen LogP contribution in [0.4, 0.5) is 0 Å². The number of amides is 1. The smallest absolute Gasteiger partial charge is 0.254 e. The number of carbonyl (C=O) groups excluding carboxylic acids is 1. The Kier molecular flexibility index (Phi) is 5.00. The molecule has 2 atom stereocenters. The summed E-state index contributed by atoms with van der Waals surface area (Å²) in [4.78, 5) is 20.2. The lowest BCUT2D eigenvalue weighted by Gasteiger charge is -2.18. The average Bonchev–Trinajstić information content (AvgIpc) is 3.09. The van der Waals surface area contributed by atoms with Crippen LogP contribution in [0.5, 0.6) is 5.75 Å². The molecule has 0 spiro atoms. The number of ether oxygens (including phenoxy) is 1. The number of methoxy groups -OCH3 is 1. The molecule has 0 unspecified atom stereocenters. The molecule has 0 aliphatic carbocycles. The number of imidazole rings is 1. The summed E-state index contributed by atoms with van der Waals surface area (Å²) < 4.78 is 5.13. The molecule has 6 heteroatoms. The van der Waals surface area contributed by atoms with Crippen LogP contribution < -0.4 is 10.1 Å². The summed E-state index contributed by atoms with van der Waals surface area (Å²) in [5, 5.41) is 13.2. The fourth-order valence-electron chi connectivity index (χ4n) is 2.71. The number of rotatable bonds is 6. The number of H-pyrrole nitrogens is 1. The van der Waals surface area contributed by atoms with E-state index in [0.717, 1.165) is 11.0 Å². The van der Waals surface area contributed by atoms with E-state index < -0.39 is 12.0 Å². The van der Waals surface area contributed by atoms with Crippen molar-refractivity contribution in [1.29, 1.82) is 0 Å². The first-order chi connectivity index (χ1) is 12.1. The molecular formula is C19H21N3O3. The minimum absolute atomic E-state index is 0.305. The quantitative estimate of drug-likeness (QED) is 0.644. The summed E-state index contributed by atoms with van der Waals surface area (Å²) in [6, 6.07) is 14.2. The Morgan fingerprint density at radius 1 is 1.28 bits per heavy atom. The molecule has 3 N–H and O–H groups in total. The second kappa shape index (κ2) is 7.36. The maximum absolute atomic E-state index is 12.5. The highest BCUT2D eigenvalue weighted by Crippen LogP contribution is 2.22. The molecule has 0 radical (unpaired) electrons. The van der Waals surface area contributed by atoms with Gasteiger partial charge in [0.25, 0.3) is 5.91 Å². The van der Waals surface area contributed by atoms with Crippen molar-refractivity contribution in [2.45, 2.75) is 25.5 Å². The Morgan fingerprint density at radius 2 is 2.08 bits per heavy atom. The number of fused-ring (bicyclic) bond motifs is 1. The number of hydrogen-bond donors (Lipinski definition) is 3. The Hall–Kier alpha value is -2.86. The van der Waals surface area contributed by atoms with Crippen LogP contribution in [-0.4, -0.2) is 28.1 Å². The van der Waals surface area contributed by atoms with Crippen molar-refractivity contribution in [2.75, 3.05) is 7.11 Å². The molecule has 0 fully saturated rings. The van der Waals surface area contributed by atoms with Gasteiger partial charge in [0.2, 0.25) is 0 Å². The number of aliphatic hydroxyl groups is 1. The maximum Gasteiger partial charge on any atom is 0.254 e. The van der Waals surface area contributed by atoms with Gasteiger partial charge in [0.15, 0.2) is 6.10 Å². The first kappa shape index (κ1) is 17.0. The highest BCUT2D eigenvalue weighted by Gasteiger charge is 2.23. The van der Waals surface area contributed by atoms with Crippen molar-refractivity contribution in [3.63, 3.8) is 0 Å². The monoisotopic (exact) mass is 339 g/mol. The topological polar surface area (TPSA) is 87.2 Å². The molecule has 130 valence electrons. The summed E-state index contributed by atoms with van der Waals surface area (Å²) in [7, 11) is 1.54. The zero-order valence-corrected chi connectivity index (χ0v) is 14.2. The Morgan fingerprint density at radius 3 is 2.80 bits per heavy atom. The zero-order chi connectivity index (χ0) is 17.8. The minimum atomic E-state index is -1.27. The predicted molar refractivity (Wildman–Crippen MR) is 95.2 cm³/mol. The predicted octanol–water partition coefficient (Wildman–Crippen LogP) is 2.87. The van der Waals surface area contributed by atoms with Gasteiger partial charge < -0.3 is 20.1 Å². The highest BCUT2D eigenvalue weighted by molar-refractivity contribution is 5.82. The summed E-state index contributed by atoms with van der Waals surface area (Å²) >= 11 is 0. The third-order valence-electron chi connectivity index (χ3n) is 4.12. The minimum Gasteiger partial charge on any atom is -0.497 e. The van der Waals surface area contributed by atoms with Crippen LogP contribution in [0.3, 0.4) is 0 Å². The summed E-state index contributed by atoms with van der Waals surface area (Å²) in [5.41, 5.74) is 2.24. The third kappa shape index (κ3) is 3.64. The van der Waals surface area contributed by atoms with Crippen LogP contribution in [0.15, 0.2) is 48.5 Å². The Bertz CT molecular complexity index is 842. The number of carbonyl (C=O) groups is 1. The van der Waals surface area contributed by atoms with Crippen molar-refractivity contribution < 1.29 is 14.6 Å². The SMILES string of the molecule is CC[C@H](NC(=O)[C@H](O)c1cccc(OC)c1)c1nc2ccccc2[nH]1. The van der Waals surface area contributed by atoms with E-state index in [0.29, 0.717) is 23.6 Å².